The Labute approximate surface area is 141 Å². The standard InChI is InChI=1S/C16H21NO6S/c1-2-17(14-7-8-24(21,22)11-14)15(19)10-23-16(20)13-5-3-12(9-18)4-6-13/h3-6,14,18H,2,7-11H2,1H3/t14-/m1/s1. The number of ether oxygens (including phenoxy) is 1. The van der Waals surface area contributed by atoms with Crippen LogP contribution in [0, 0.1) is 0 Å². The number of aliphatic hydroxyl groups is 1. The molecule has 0 saturated carbocycles. The Hall–Kier alpha value is -1.93. The van der Waals surface area contributed by atoms with Crippen molar-refractivity contribution < 1.29 is 27.9 Å². The zero-order valence-corrected chi connectivity index (χ0v) is 14.3. The van der Waals surface area contributed by atoms with Crippen LogP contribution in [0.5, 0.6) is 0 Å². The largest absolute Gasteiger partial charge is 0.452 e. The summed E-state index contributed by atoms with van der Waals surface area (Å²) >= 11 is 0. The van der Waals surface area contributed by atoms with Gasteiger partial charge in [-0.05, 0) is 31.0 Å². The van der Waals surface area contributed by atoms with Crippen LogP contribution in [0.4, 0.5) is 0 Å². The number of amides is 1. The summed E-state index contributed by atoms with van der Waals surface area (Å²) in [5.74, 6) is -0.996. The van der Waals surface area contributed by atoms with Crippen molar-refractivity contribution in [2.45, 2.75) is 26.0 Å². The fraction of sp³-hybridized carbons (Fsp3) is 0.500. The zero-order valence-electron chi connectivity index (χ0n) is 13.5. The normalized spacial score (nSPS) is 19.0. The Morgan fingerprint density at radius 2 is 1.96 bits per heavy atom. The third kappa shape index (κ3) is 4.55. The van der Waals surface area contributed by atoms with Gasteiger partial charge in [0, 0.05) is 12.6 Å². The van der Waals surface area contributed by atoms with Crippen LogP contribution in [0.3, 0.4) is 0 Å². The lowest BCUT2D eigenvalue weighted by Gasteiger charge is -2.26. The Bertz CT molecular complexity index is 698. The third-order valence-electron chi connectivity index (χ3n) is 4.01. The van der Waals surface area contributed by atoms with E-state index in [4.69, 9.17) is 9.84 Å². The third-order valence-corrected chi connectivity index (χ3v) is 5.76. The highest BCUT2D eigenvalue weighted by Crippen LogP contribution is 2.18. The molecule has 1 heterocycles. The summed E-state index contributed by atoms with van der Waals surface area (Å²) < 4.78 is 28.1. The van der Waals surface area contributed by atoms with Gasteiger partial charge in [-0.3, -0.25) is 4.79 Å². The van der Waals surface area contributed by atoms with E-state index in [0.29, 0.717) is 18.5 Å². The molecule has 0 unspecified atom stereocenters. The minimum Gasteiger partial charge on any atom is -0.452 e. The van der Waals surface area contributed by atoms with Crippen LogP contribution in [0.15, 0.2) is 24.3 Å². The minimum absolute atomic E-state index is 0.0385. The fourth-order valence-electron chi connectivity index (χ4n) is 2.70. The van der Waals surface area contributed by atoms with Gasteiger partial charge in [-0.2, -0.15) is 0 Å². The van der Waals surface area contributed by atoms with Crippen LogP contribution in [0.1, 0.15) is 29.3 Å². The lowest BCUT2D eigenvalue weighted by Crippen LogP contribution is -2.43. The summed E-state index contributed by atoms with van der Waals surface area (Å²) in [4.78, 5) is 25.6. The Kier molecular flexibility index (Phi) is 5.95. The van der Waals surface area contributed by atoms with Gasteiger partial charge in [-0.1, -0.05) is 12.1 Å². The van der Waals surface area contributed by atoms with Crippen molar-refractivity contribution in [3.05, 3.63) is 35.4 Å². The molecule has 0 bridgehead atoms. The fourth-order valence-corrected chi connectivity index (χ4v) is 4.43. The molecule has 7 nitrogen and oxygen atoms in total. The average molecular weight is 355 g/mol. The molecule has 1 saturated heterocycles. The van der Waals surface area contributed by atoms with Crippen LogP contribution in [0.2, 0.25) is 0 Å². The molecule has 1 amide bonds. The number of sulfone groups is 1. The molecule has 0 spiro atoms. The van der Waals surface area contributed by atoms with E-state index >= 15 is 0 Å². The number of aliphatic hydroxyl groups excluding tert-OH is 1. The number of rotatable bonds is 6. The molecule has 0 aliphatic carbocycles. The minimum atomic E-state index is -3.09. The van der Waals surface area contributed by atoms with Crippen LogP contribution in [-0.2, 0) is 26.0 Å². The number of carbonyl (C=O) groups is 2. The van der Waals surface area contributed by atoms with Crippen molar-refractivity contribution in [1.29, 1.82) is 0 Å². The van der Waals surface area contributed by atoms with Gasteiger partial charge in [0.2, 0.25) is 0 Å². The van der Waals surface area contributed by atoms with Crippen molar-refractivity contribution in [3.63, 3.8) is 0 Å². The van der Waals surface area contributed by atoms with Gasteiger partial charge in [0.15, 0.2) is 16.4 Å². The van der Waals surface area contributed by atoms with Gasteiger partial charge < -0.3 is 14.7 Å². The number of carbonyl (C=O) groups excluding carboxylic acids is 2. The molecule has 24 heavy (non-hydrogen) atoms. The molecular formula is C16H21NO6S. The number of nitrogens with zero attached hydrogens (tertiary/aromatic N) is 1. The first-order valence-corrected chi connectivity index (χ1v) is 9.55. The van der Waals surface area contributed by atoms with E-state index in [1.54, 1.807) is 19.1 Å². The average Bonchev–Trinajstić information content (AvgIpc) is 2.93. The summed E-state index contributed by atoms with van der Waals surface area (Å²) in [5, 5.41) is 8.96. The van der Waals surface area contributed by atoms with Gasteiger partial charge in [-0.15, -0.1) is 0 Å². The smallest absolute Gasteiger partial charge is 0.338 e. The van der Waals surface area contributed by atoms with Gasteiger partial charge >= 0.3 is 5.97 Å². The quantitative estimate of drug-likeness (QED) is 0.740. The maximum absolute atomic E-state index is 12.2. The maximum atomic E-state index is 12.2. The Balaban J connectivity index is 1.92. The first-order valence-electron chi connectivity index (χ1n) is 7.73. The zero-order chi connectivity index (χ0) is 17.7. The number of esters is 1. The SMILES string of the molecule is CCN(C(=O)COC(=O)c1ccc(CO)cc1)[C@@H]1CCS(=O)(=O)C1. The molecule has 132 valence electrons. The van der Waals surface area contributed by atoms with E-state index in [1.807, 2.05) is 0 Å². The molecule has 1 aliphatic heterocycles. The molecule has 1 aromatic rings. The second kappa shape index (κ2) is 7.76. The Morgan fingerprint density at radius 1 is 1.29 bits per heavy atom. The second-order valence-corrected chi connectivity index (χ2v) is 7.90. The van der Waals surface area contributed by atoms with Crippen molar-refractivity contribution in [2.75, 3.05) is 24.7 Å². The molecule has 1 atom stereocenters. The van der Waals surface area contributed by atoms with Gasteiger partial charge in [0.05, 0.1) is 23.7 Å². The summed E-state index contributed by atoms with van der Waals surface area (Å²) in [7, 11) is -3.09. The number of likely N-dealkylation sites (N-methyl/N-ethyl adjacent to an activating group) is 1. The van der Waals surface area contributed by atoms with Crippen LogP contribution >= 0.6 is 0 Å². The highest BCUT2D eigenvalue weighted by atomic mass is 32.2. The van der Waals surface area contributed by atoms with Crippen LogP contribution in [-0.4, -0.2) is 61.0 Å². The molecule has 0 radical (unpaired) electrons. The van der Waals surface area contributed by atoms with Crippen LogP contribution < -0.4 is 0 Å². The molecule has 1 aliphatic rings. The second-order valence-electron chi connectivity index (χ2n) is 5.67. The Morgan fingerprint density at radius 3 is 2.46 bits per heavy atom. The first kappa shape index (κ1) is 18.4. The number of hydrogen-bond donors (Lipinski definition) is 1. The summed E-state index contributed by atoms with van der Waals surface area (Å²) in [6, 6.07) is 5.87. The van der Waals surface area contributed by atoms with Crippen LogP contribution in [0.25, 0.3) is 0 Å². The highest BCUT2D eigenvalue weighted by Gasteiger charge is 2.34. The van der Waals surface area contributed by atoms with E-state index < -0.39 is 28.3 Å². The highest BCUT2D eigenvalue weighted by molar-refractivity contribution is 7.91. The predicted octanol–water partition coefficient (Wildman–Crippen LogP) is 0.371. The van der Waals surface area contributed by atoms with Gasteiger partial charge in [0.1, 0.15) is 0 Å². The maximum Gasteiger partial charge on any atom is 0.338 e. The molecule has 1 N–H and O–H groups in total. The first-order chi connectivity index (χ1) is 11.4. The van der Waals surface area contributed by atoms with Crippen molar-refractivity contribution in [1.82, 2.24) is 4.90 Å². The van der Waals surface area contributed by atoms with Crippen molar-refractivity contribution in [2.24, 2.45) is 0 Å². The lowest BCUT2D eigenvalue weighted by molar-refractivity contribution is -0.136. The van der Waals surface area contributed by atoms with Crippen molar-refractivity contribution >= 4 is 21.7 Å². The van der Waals surface area contributed by atoms with Gasteiger partial charge in [-0.25, -0.2) is 13.2 Å². The number of hydrogen-bond acceptors (Lipinski definition) is 6. The molecule has 1 aromatic carbocycles. The molecule has 0 aromatic heterocycles. The molecular weight excluding hydrogens is 334 g/mol. The van der Waals surface area contributed by atoms with E-state index in [9.17, 15) is 18.0 Å². The van der Waals surface area contributed by atoms with Gasteiger partial charge in [0.25, 0.3) is 5.91 Å². The van der Waals surface area contributed by atoms with E-state index in [2.05, 4.69) is 0 Å². The van der Waals surface area contributed by atoms with E-state index in [-0.39, 0.29) is 29.7 Å². The summed E-state index contributed by atoms with van der Waals surface area (Å²) in [6.45, 7) is 1.58. The monoisotopic (exact) mass is 355 g/mol. The van der Waals surface area contributed by atoms with Crippen molar-refractivity contribution in [3.8, 4) is 0 Å². The topological polar surface area (TPSA) is 101 Å². The summed E-state index contributed by atoms with van der Waals surface area (Å²) in [6.07, 6.45) is 0.415. The number of benzene rings is 1. The molecule has 8 heteroatoms. The summed E-state index contributed by atoms with van der Waals surface area (Å²) in [5.41, 5.74) is 0.953. The molecule has 2 rings (SSSR count). The predicted molar refractivity (Wildman–Crippen MR) is 87.1 cm³/mol. The lowest BCUT2D eigenvalue weighted by atomic mass is 10.1. The van der Waals surface area contributed by atoms with E-state index in [0.717, 1.165) is 0 Å². The molecule has 1 fully saturated rings. The van der Waals surface area contributed by atoms with E-state index in [1.165, 1.54) is 17.0 Å².